The van der Waals surface area contributed by atoms with Crippen LogP contribution in [0.15, 0.2) is 34.3 Å². The fourth-order valence-corrected chi connectivity index (χ4v) is 2.54. The Balaban J connectivity index is 2.28. The normalized spacial score (nSPS) is 10.5. The molecule has 2 rings (SSSR count). The number of phenolic OH excluding ortho intramolecular Hbond substituents is 1. The molecule has 0 fully saturated rings. The fraction of sp³-hybridized carbons (Fsp3) is 0.167. The maximum Gasteiger partial charge on any atom is 0.192 e. The van der Waals surface area contributed by atoms with Gasteiger partial charge in [-0.3, -0.25) is 0 Å². The summed E-state index contributed by atoms with van der Waals surface area (Å²) in [6, 6.07) is 6.97. The van der Waals surface area contributed by atoms with Crippen LogP contribution in [0.2, 0.25) is 5.02 Å². The van der Waals surface area contributed by atoms with Gasteiger partial charge in [-0.15, -0.1) is 0 Å². The standard InChI is InChI=1S/C12H11ClN2OS/c1-7-5-8(2)15-12(14-7)17-9-3-4-11(16)10(13)6-9/h3-6,16H,1-2H3. The number of nitrogens with zero attached hydrogens (tertiary/aromatic N) is 2. The van der Waals surface area contributed by atoms with E-state index in [0.29, 0.717) is 10.2 Å². The largest absolute Gasteiger partial charge is 0.506 e. The van der Waals surface area contributed by atoms with Gasteiger partial charge in [-0.05, 0) is 49.9 Å². The first-order valence-corrected chi connectivity index (χ1v) is 6.23. The van der Waals surface area contributed by atoms with E-state index in [1.165, 1.54) is 11.8 Å². The van der Waals surface area contributed by atoms with Crippen LogP contribution < -0.4 is 0 Å². The van der Waals surface area contributed by atoms with Gasteiger partial charge in [0.25, 0.3) is 0 Å². The third-order valence-electron chi connectivity index (χ3n) is 2.09. The summed E-state index contributed by atoms with van der Waals surface area (Å²) in [7, 11) is 0. The lowest BCUT2D eigenvalue weighted by Crippen LogP contribution is -1.92. The summed E-state index contributed by atoms with van der Waals surface area (Å²) in [5, 5.41) is 10.3. The summed E-state index contributed by atoms with van der Waals surface area (Å²) < 4.78 is 0. The van der Waals surface area contributed by atoms with Gasteiger partial charge in [0.15, 0.2) is 5.16 Å². The zero-order valence-corrected chi connectivity index (χ0v) is 11.0. The lowest BCUT2D eigenvalue weighted by molar-refractivity contribution is 0.475. The van der Waals surface area contributed by atoms with Gasteiger partial charge in [-0.25, -0.2) is 9.97 Å². The molecule has 3 nitrogen and oxygen atoms in total. The van der Waals surface area contributed by atoms with Crippen LogP contribution in [0.25, 0.3) is 0 Å². The summed E-state index contributed by atoms with van der Waals surface area (Å²) >= 11 is 7.26. The number of hydrogen-bond acceptors (Lipinski definition) is 4. The Morgan fingerprint density at radius 1 is 1.12 bits per heavy atom. The molecule has 0 spiro atoms. The molecule has 0 saturated carbocycles. The van der Waals surface area contributed by atoms with Gasteiger partial charge >= 0.3 is 0 Å². The van der Waals surface area contributed by atoms with Crippen LogP contribution >= 0.6 is 23.4 Å². The van der Waals surface area contributed by atoms with E-state index >= 15 is 0 Å². The zero-order valence-electron chi connectivity index (χ0n) is 9.44. The highest BCUT2D eigenvalue weighted by molar-refractivity contribution is 7.99. The van der Waals surface area contributed by atoms with Crippen LogP contribution in [0.5, 0.6) is 5.75 Å². The second-order valence-electron chi connectivity index (χ2n) is 3.65. The minimum atomic E-state index is 0.0809. The molecule has 0 aliphatic carbocycles. The molecule has 2 aromatic rings. The van der Waals surface area contributed by atoms with Gasteiger partial charge in [-0.1, -0.05) is 11.6 Å². The third-order valence-corrected chi connectivity index (χ3v) is 3.25. The monoisotopic (exact) mass is 266 g/mol. The van der Waals surface area contributed by atoms with Crippen molar-refractivity contribution in [2.75, 3.05) is 0 Å². The van der Waals surface area contributed by atoms with Gasteiger partial charge in [0.05, 0.1) is 5.02 Å². The molecule has 88 valence electrons. The van der Waals surface area contributed by atoms with E-state index in [1.54, 1.807) is 18.2 Å². The highest BCUT2D eigenvalue weighted by atomic mass is 35.5. The summed E-state index contributed by atoms with van der Waals surface area (Å²) in [5.74, 6) is 0.0809. The highest BCUT2D eigenvalue weighted by Gasteiger charge is 2.05. The predicted molar refractivity (Wildman–Crippen MR) is 68.7 cm³/mol. The Morgan fingerprint density at radius 2 is 1.76 bits per heavy atom. The molecule has 0 bridgehead atoms. The van der Waals surface area contributed by atoms with E-state index in [0.717, 1.165) is 16.3 Å². The lowest BCUT2D eigenvalue weighted by Gasteiger charge is -2.04. The topological polar surface area (TPSA) is 46.0 Å². The predicted octanol–water partition coefficient (Wildman–Crippen LogP) is 3.60. The quantitative estimate of drug-likeness (QED) is 0.844. The van der Waals surface area contributed by atoms with Crippen molar-refractivity contribution < 1.29 is 5.11 Å². The molecule has 0 radical (unpaired) electrons. The SMILES string of the molecule is Cc1cc(C)nc(Sc2ccc(O)c(Cl)c2)n1. The van der Waals surface area contributed by atoms with Crippen molar-refractivity contribution in [2.45, 2.75) is 23.9 Å². The Morgan fingerprint density at radius 3 is 2.35 bits per heavy atom. The molecule has 1 heterocycles. The maximum absolute atomic E-state index is 9.33. The lowest BCUT2D eigenvalue weighted by atomic mass is 10.3. The van der Waals surface area contributed by atoms with Crippen molar-refractivity contribution in [3.8, 4) is 5.75 Å². The molecule has 0 aliphatic rings. The van der Waals surface area contributed by atoms with Crippen molar-refractivity contribution in [2.24, 2.45) is 0 Å². The van der Waals surface area contributed by atoms with Gasteiger partial charge in [0.1, 0.15) is 5.75 Å². The Kier molecular flexibility index (Phi) is 3.54. The molecule has 5 heteroatoms. The molecule has 17 heavy (non-hydrogen) atoms. The van der Waals surface area contributed by atoms with Crippen LogP contribution in [0.4, 0.5) is 0 Å². The molecule has 0 atom stereocenters. The van der Waals surface area contributed by atoms with Gasteiger partial charge in [0.2, 0.25) is 0 Å². The van der Waals surface area contributed by atoms with Gasteiger partial charge in [-0.2, -0.15) is 0 Å². The summed E-state index contributed by atoms with van der Waals surface area (Å²) in [5.41, 5.74) is 1.87. The molecular formula is C12H11ClN2OS. The van der Waals surface area contributed by atoms with E-state index < -0.39 is 0 Å². The molecule has 1 aromatic heterocycles. The summed E-state index contributed by atoms with van der Waals surface area (Å²) in [6.45, 7) is 3.87. The van der Waals surface area contributed by atoms with Crippen molar-refractivity contribution in [3.05, 3.63) is 40.7 Å². The number of aromatic hydroxyl groups is 1. The molecule has 1 N–H and O–H groups in total. The summed E-state index contributed by atoms with van der Waals surface area (Å²) in [6.07, 6.45) is 0. The maximum atomic E-state index is 9.33. The van der Waals surface area contributed by atoms with E-state index in [1.807, 2.05) is 19.9 Å². The molecule has 0 saturated heterocycles. The van der Waals surface area contributed by atoms with Crippen molar-refractivity contribution in [1.29, 1.82) is 0 Å². The van der Waals surface area contributed by atoms with Crippen molar-refractivity contribution in [1.82, 2.24) is 9.97 Å². The van der Waals surface area contributed by atoms with Gasteiger partial charge < -0.3 is 5.11 Å². The highest BCUT2D eigenvalue weighted by Crippen LogP contribution is 2.31. The molecule has 1 aromatic carbocycles. The van der Waals surface area contributed by atoms with Gasteiger partial charge in [0, 0.05) is 16.3 Å². The van der Waals surface area contributed by atoms with Crippen LogP contribution in [0.1, 0.15) is 11.4 Å². The molecule has 0 aliphatic heterocycles. The second kappa shape index (κ2) is 4.94. The van der Waals surface area contributed by atoms with Crippen molar-refractivity contribution in [3.63, 3.8) is 0 Å². The minimum absolute atomic E-state index is 0.0809. The van der Waals surface area contributed by atoms with Crippen molar-refractivity contribution >= 4 is 23.4 Å². The number of benzene rings is 1. The number of halogens is 1. The summed E-state index contributed by atoms with van der Waals surface area (Å²) in [4.78, 5) is 9.56. The number of aromatic nitrogens is 2. The van der Waals surface area contributed by atoms with Crippen LogP contribution in [-0.2, 0) is 0 Å². The average molecular weight is 267 g/mol. The second-order valence-corrected chi connectivity index (χ2v) is 5.10. The van der Waals surface area contributed by atoms with E-state index in [-0.39, 0.29) is 5.75 Å². The van der Waals surface area contributed by atoms with Crippen LogP contribution in [0.3, 0.4) is 0 Å². The Labute approximate surface area is 109 Å². The average Bonchev–Trinajstić information content (AvgIpc) is 2.22. The Bertz CT molecular complexity index is 540. The number of aryl methyl sites for hydroxylation is 2. The van der Waals surface area contributed by atoms with Crippen LogP contribution in [-0.4, -0.2) is 15.1 Å². The third kappa shape index (κ3) is 3.11. The first-order chi connectivity index (χ1) is 8.04. The zero-order chi connectivity index (χ0) is 12.4. The minimum Gasteiger partial charge on any atom is -0.506 e. The van der Waals surface area contributed by atoms with E-state index in [9.17, 15) is 5.11 Å². The smallest absolute Gasteiger partial charge is 0.192 e. The van der Waals surface area contributed by atoms with E-state index in [4.69, 9.17) is 11.6 Å². The van der Waals surface area contributed by atoms with Crippen LogP contribution in [0, 0.1) is 13.8 Å². The number of phenols is 1. The number of rotatable bonds is 2. The molecular weight excluding hydrogens is 256 g/mol. The fourth-order valence-electron chi connectivity index (χ4n) is 1.40. The first-order valence-electron chi connectivity index (χ1n) is 5.03. The first kappa shape index (κ1) is 12.2. The molecule has 0 amide bonds. The number of hydrogen-bond donors (Lipinski definition) is 1. The molecule has 0 unspecified atom stereocenters. The van der Waals surface area contributed by atoms with E-state index in [2.05, 4.69) is 9.97 Å². The Hall–Kier alpha value is -1.26.